The Bertz CT molecular complexity index is 744. The Morgan fingerprint density at radius 1 is 1.29 bits per heavy atom. The zero-order chi connectivity index (χ0) is 14.7. The van der Waals surface area contributed by atoms with Crippen LogP contribution in [-0.4, -0.2) is 16.1 Å². The van der Waals surface area contributed by atoms with Gasteiger partial charge in [0.25, 0.3) is 5.91 Å². The average Bonchev–Trinajstić information content (AvgIpc) is 2.80. The van der Waals surface area contributed by atoms with Gasteiger partial charge in [0.05, 0.1) is 10.6 Å². The summed E-state index contributed by atoms with van der Waals surface area (Å²) in [5, 5.41) is 3.34. The molecule has 4 nitrogen and oxygen atoms in total. The molecule has 21 heavy (non-hydrogen) atoms. The van der Waals surface area contributed by atoms with Crippen molar-refractivity contribution in [1.29, 1.82) is 0 Å². The summed E-state index contributed by atoms with van der Waals surface area (Å²) in [6.45, 7) is 0. The second kappa shape index (κ2) is 6.24. The van der Waals surface area contributed by atoms with Gasteiger partial charge in [-0.25, -0.2) is 4.99 Å². The largest absolute Gasteiger partial charge is 0.300 e. The summed E-state index contributed by atoms with van der Waals surface area (Å²) < 4.78 is 0.949. The van der Waals surface area contributed by atoms with Gasteiger partial charge in [0.2, 0.25) is 0 Å². The lowest BCUT2D eigenvalue weighted by Crippen LogP contribution is -2.19. The molecule has 0 bridgehead atoms. The monoisotopic (exact) mass is 359 g/mol. The predicted molar refractivity (Wildman–Crippen MR) is 89.2 cm³/mol. The fourth-order valence-electron chi connectivity index (χ4n) is 1.76. The van der Waals surface area contributed by atoms with Crippen molar-refractivity contribution in [3.63, 3.8) is 0 Å². The Hall–Kier alpha value is -1.92. The number of pyridine rings is 1. The highest BCUT2D eigenvalue weighted by Crippen LogP contribution is 2.28. The summed E-state index contributed by atoms with van der Waals surface area (Å²) in [5.41, 5.74) is 1.67. The van der Waals surface area contributed by atoms with E-state index in [4.69, 9.17) is 0 Å². The number of thioether (sulfide) groups is 1. The smallest absolute Gasteiger partial charge is 0.264 e. The van der Waals surface area contributed by atoms with Crippen molar-refractivity contribution in [2.45, 2.75) is 0 Å². The number of aromatic nitrogens is 1. The fraction of sp³-hybridized carbons (Fsp3) is 0. The average molecular weight is 360 g/mol. The molecule has 0 saturated carbocycles. The number of nitrogens with zero attached hydrogens (tertiary/aromatic N) is 2. The second-order valence-electron chi connectivity index (χ2n) is 4.25. The summed E-state index contributed by atoms with van der Waals surface area (Å²) in [7, 11) is 0. The second-order valence-corrected chi connectivity index (χ2v) is 6.19. The Balaban J connectivity index is 1.83. The van der Waals surface area contributed by atoms with Gasteiger partial charge in [-0.3, -0.25) is 9.78 Å². The van der Waals surface area contributed by atoms with Gasteiger partial charge in [-0.1, -0.05) is 28.1 Å². The van der Waals surface area contributed by atoms with Gasteiger partial charge in [0, 0.05) is 16.9 Å². The van der Waals surface area contributed by atoms with E-state index in [1.54, 1.807) is 18.5 Å². The van der Waals surface area contributed by atoms with E-state index in [-0.39, 0.29) is 5.91 Å². The van der Waals surface area contributed by atoms with Crippen LogP contribution >= 0.6 is 27.7 Å². The van der Waals surface area contributed by atoms with Gasteiger partial charge < -0.3 is 5.32 Å². The van der Waals surface area contributed by atoms with E-state index in [1.165, 1.54) is 11.8 Å². The van der Waals surface area contributed by atoms with Crippen LogP contribution in [0, 0.1) is 0 Å². The van der Waals surface area contributed by atoms with E-state index in [0.29, 0.717) is 10.1 Å². The van der Waals surface area contributed by atoms with Crippen LogP contribution in [0.15, 0.2) is 63.2 Å². The Labute approximate surface area is 134 Å². The van der Waals surface area contributed by atoms with Gasteiger partial charge in [-0.05, 0) is 47.7 Å². The van der Waals surface area contributed by atoms with E-state index in [0.717, 1.165) is 15.7 Å². The number of hydrogen-bond donors (Lipinski definition) is 1. The maximum Gasteiger partial charge on any atom is 0.264 e. The molecule has 3 rings (SSSR count). The highest BCUT2D eigenvalue weighted by atomic mass is 79.9. The van der Waals surface area contributed by atoms with Crippen molar-refractivity contribution >= 4 is 50.5 Å². The molecular weight excluding hydrogens is 350 g/mol. The number of carbonyl (C=O) groups excluding carboxylic acids is 1. The molecule has 1 amide bonds. The van der Waals surface area contributed by atoms with E-state index < -0.39 is 0 Å². The molecule has 104 valence electrons. The van der Waals surface area contributed by atoms with Crippen molar-refractivity contribution in [3.05, 3.63) is 63.7 Å². The number of rotatable bonds is 2. The molecule has 6 heteroatoms. The first kappa shape index (κ1) is 14.0. The zero-order valence-corrected chi connectivity index (χ0v) is 13.2. The highest BCUT2D eigenvalue weighted by Gasteiger charge is 2.23. The SMILES string of the molecule is O=C1NC(=Nc2cccc(Br)c2)SC1=Cc1cccnc1. The third-order valence-corrected chi connectivity index (χ3v) is 4.08. The van der Waals surface area contributed by atoms with Crippen LogP contribution in [0.5, 0.6) is 0 Å². The number of nitrogens with one attached hydrogen (secondary N) is 1. The normalized spacial score (nSPS) is 18.2. The number of halogens is 1. The molecular formula is C15H10BrN3OS. The predicted octanol–water partition coefficient (Wildman–Crippen LogP) is 3.74. The first-order valence-electron chi connectivity index (χ1n) is 6.16. The van der Waals surface area contributed by atoms with Crippen LogP contribution in [0.4, 0.5) is 5.69 Å². The van der Waals surface area contributed by atoms with Crippen LogP contribution in [0.2, 0.25) is 0 Å². The lowest BCUT2D eigenvalue weighted by Gasteiger charge is -1.96. The Morgan fingerprint density at radius 3 is 2.95 bits per heavy atom. The molecule has 1 saturated heterocycles. The minimum Gasteiger partial charge on any atom is -0.300 e. The third-order valence-electron chi connectivity index (χ3n) is 2.67. The third kappa shape index (κ3) is 3.59. The van der Waals surface area contributed by atoms with Gasteiger partial charge in [0.15, 0.2) is 5.17 Å². The molecule has 1 aliphatic heterocycles. The molecule has 0 unspecified atom stereocenters. The molecule has 1 aromatic carbocycles. The van der Waals surface area contributed by atoms with Crippen molar-refractivity contribution in [2.24, 2.45) is 4.99 Å². The fourth-order valence-corrected chi connectivity index (χ4v) is 2.99. The maximum absolute atomic E-state index is 11.9. The standard InChI is InChI=1S/C15H10BrN3OS/c16-11-4-1-5-12(8-11)18-15-19-14(20)13(21-15)7-10-3-2-6-17-9-10/h1-9H,(H,18,19,20). The molecule has 2 aromatic rings. The molecule has 0 aliphatic carbocycles. The van der Waals surface area contributed by atoms with Gasteiger partial charge >= 0.3 is 0 Å². The minimum absolute atomic E-state index is 0.141. The lowest BCUT2D eigenvalue weighted by molar-refractivity contribution is -0.115. The Kier molecular flexibility index (Phi) is 4.17. The van der Waals surface area contributed by atoms with Gasteiger partial charge in [-0.2, -0.15) is 0 Å². The van der Waals surface area contributed by atoms with Crippen molar-refractivity contribution in [2.75, 3.05) is 0 Å². The number of amides is 1. The van der Waals surface area contributed by atoms with Crippen LogP contribution in [0.1, 0.15) is 5.56 Å². The summed E-state index contributed by atoms with van der Waals surface area (Å²) in [4.78, 5) is 21.0. The van der Waals surface area contributed by atoms with E-state index in [1.807, 2.05) is 36.4 Å². The summed E-state index contributed by atoms with van der Waals surface area (Å²) in [6, 6.07) is 11.3. The number of amidine groups is 1. The molecule has 1 N–H and O–H groups in total. The molecule has 2 heterocycles. The molecule has 1 aliphatic rings. The number of carbonyl (C=O) groups is 1. The number of benzene rings is 1. The van der Waals surface area contributed by atoms with E-state index in [2.05, 4.69) is 31.2 Å². The van der Waals surface area contributed by atoms with Crippen LogP contribution in [0.3, 0.4) is 0 Å². The number of aliphatic imine (C=N–C) groups is 1. The molecule has 0 atom stereocenters. The summed E-state index contributed by atoms with van der Waals surface area (Å²) >= 11 is 4.72. The van der Waals surface area contributed by atoms with Crippen molar-refractivity contribution in [3.8, 4) is 0 Å². The first-order valence-corrected chi connectivity index (χ1v) is 7.77. The summed E-state index contributed by atoms with van der Waals surface area (Å²) in [5.74, 6) is -0.141. The van der Waals surface area contributed by atoms with Gasteiger partial charge in [0.1, 0.15) is 0 Å². The molecule has 0 radical (unpaired) electrons. The zero-order valence-electron chi connectivity index (χ0n) is 10.8. The molecule has 1 fully saturated rings. The maximum atomic E-state index is 11.9. The number of hydrogen-bond acceptors (Lipinski definition) is 4. The first-order chi connectivity index (χ1) is 10.2. The van der Waals surface area contributed by atoms with Crippen LogP contribution in [0.25, 0.3) is 6.08 Å². The molecule has 0 spiro atoms. The van der Waals surface area contributed by atoms with Gasteiger partial charge in [-0.15, -0.1) is 0 Å². The van der Waals surface area contributed by atoms with Crippen molar-refractivity contribution in [1.82, 2.24) is 10.3 Å². The topological polar surface area (TPSA) is 54.4 Å². The van der Waals surface area contributed by atoms with Crippen LogP contribution < -0.4 is 5.32 Å². The summed E-state index contributed by atoms with van der Waals surface area (Å²) in [6.07, 6.45) is 5.21. The van der Waals surface area contributed by atoms with E-state index in [9.17, 15) is 4.79 Å². The Morgan fingerprint density at radius 2 is 2.19 bits per heavy atom. The van der Waals surface area contributed by atoms with Crippen molar-refractivity contribution < 1.29 is 4.79 Å². The molecule has 1 aromatic heterocycles. The lowest BCUT2D eigenvalue weighted by atomic mass is 10.2. The quantitative estimate of drug-likeness (QED) is 0.831. The minimum atomic E-state index is -0.141. The van der Waals surface area contributed by atoms with Crippen LogP contribution in [-0.2, 0) is 4.79 Å². The highest BCUT2D eigenvalue weighted by molar-refractivity contribution is 9.10. The van der Waals surface area contributed by atoms with E-state index >= 15 is 0 Å².